The lowest BCUT2D eigenvalue weighted by atomic mass is 10.1. The van der Waals surface area contributed by atoms with Crippen LogP contribution in [0.1, 0.15) is 33.2 Å². The molecule has 0 aliphatic carbocycles. The molecule has 0 unspecified atom stereocenters. The normalized spacial score (nSPS) is 10.2. The van der Waals surface area contributed by atoms with Gasteiger partial charge in [0.05, 0.1) is 17.9 Å². The number of aromatic carboxylic acids is 1. The Morgan fingerprint density at radius 3 is 2.17 bits per heavy atom. The molecule has 0 aliphatic rings. The van der Waals surface area contributed by atoms with E-state index in [1.54, 1.807) is 48.5 Å². The van der Waals surface area contributed by atoms with Gasteiger partial charge >= 0.3 is 5.97 Å². The van der Waals surface area contributed by atoms with E-state index < -0.39 is 5.97 Å². The highest BCUT2D eigenvalue weighted by molar-refractivity contribution is 6.05. The third-order valence-corrected chi connectivity index (χ3v) is 4.16. The quantitative estimate of drug-likeness (QED) is 0.585. The van der Waals surface area contributed by atoms with Crippen molar-refractivity contribution in [1.82, 2.24) is 0 Å². The lowest BCUT2D eigenvalue weighted by molar-refractivity contribution is 0.0696. The molecular formula is C23H21NO5. The summed E-state index contributed by atoms with van der Waals surface area (Å²) in [5.74, 6) is 0.0268. The van der Waals surface area contributed by atoms with Crippen LogP contribution in [0.2, 0.25) is 0 Å². The predicted molar refractivity (Wildman–Crippen MR) is 110 cm³/mol. The summed E-state index contributed by atoms with van der Waals surface area (Å²) in [4.78, 5) is 23.4. The monoisotopic (exact) mass is 391 g/mol. The first-order valence-corrected chi connectivity index (χ1v) is 9.15. The van der Waals surface area contributed by atoms with Crippen molar-refractivity contribution >= 4 is 17.6 Å². The fraction of sp³-hybridized carbons (Fsp3) is 0.130. The fourth-order valence-electron chi connectivity index (χ4n) is 2.66. The Kier molecular flexibility index (Phi) is 6.47. The average Bonchev–Trinajstić information content (AvgIpc) is 2.74. The van der Waals surface area contributed by atoms with Gasteiger partial charge in [0.25, 0.3) is 5.91 Å². The SMILES string of the molecule is CCOc1ccccc1NC(=O)c1ccc(OCc2ccc(C(=O)O)cc2)cc1. The number of hydrogen-bond acceptors (Lipinski definition) is 4. The van der Waals surface area contributed by atoms with Crippen LogP contribution in [0.5, 0.6) is 11.5 Å². The second-order valence-electron chi connectivity index (χ2n) is 6.20. The van der Waals surface area contributed by atoms with Crippen LogP contribution in [0.4, 0.5) is 5.69 Å². The first-order chi connectivity index (χ1) is 14.1. The van der Waals surface area contributed by atoms with Crippen molar-refractivity contribution < 1.29 is 24.2 Å². The number of amides is 1. The molecule has 0 saturated carbocycles. The molecule has 2 N–H and O–H groups in total. The van der Waals surface area contributed by atoms with Crippen molar-refractivity contribution in [3.05, 3.63) is 89.5 Å². The molecule has 0 bridgehead atoms. The van der Waals surface area contributed by atoms with Crippen LogP contribution in [-0.4, -0.2) is 23.6 Å². The Morgan fingerprint density at radius 1 is 0.862 bits per heavy atom. The van der Waals surface area contributed by atoms with E-state index in [1.807, 2.05) is 19.1 Å². The number of benzene rings is 3. The Bertz CT molecular complexity index is 981. The average molecular weight is 391 g/mol. The molecule has 6 heteroatoms. The van der Waals surface area contributed by atoms with Gasteiger partial charge in [-0.2, -0.15) is 0 Å². The van der Waals surface area contributed by atoms with Crippen LogP contribution in [0.15, 0.2) is 72.8 Å². The standard InChI is InChI=1S/C23H21NO5/c1-2-28-21-6-4-3-5-20(21)24-22(25)17-11-13-19(14-12-17)29-15-16-7-9-18(10-8-16)23(26)27/h3-14H,2,15H2,1H3,(H,24,25)(H,26,27). The number of para-hydroxylation sites is 2. The largest absolute Gasteiger partial charge is 0.492 e. The maximum Gasteiger partial charge on any atom is 0.335 e. The van der Waals surface area contributed by atoms with Crippen molar-refractivity contribution in [3.8, 4) is 11.5 Å². The Labute approximate surface area is 168 Å². The van der Waals surface area contributed by atoms with E-state index in [1.165, 1.54) is 12.1 Å². The number of ether oxygens (including phenoxy) is 2. The van der Waals surface area contributed by atoms with Gasteiger partial charge in [-0.05, 0) is 61.0 Å². The number of carbonyl (C=O) groups excluding carboxylic acids is 1. The molecule has 0 spiro atoms. The van der Waals surface area contributed by atoms with E-state index in [4.69, 9.17) is 14.6 Å². The molecule has 0 radical (unpaired) electrons. The number of nitrogens with one attached hydrogen (secondary N) is 1. The van der Waals surface area contributed by atoms with Gasteiger partial charge < -0.3 is 19.9 Å². The fourth-order valence-corrected chi connectivity index (χ4v) is 2.66. The minimum Gasteiger partial charge on any atom is -0.492 e. The van der Waals surface area contributed by atoms with Crippen LogP contribution in [0.3, 0.4) is 0 Å². The summed E-state index contributed by atoms with van der Waals surface area (Å²) in [6.45, 7) is 2.70. The number of hydrogen-bond donors (Lipinski definition) is 2. The summed E-state index contributed by atoms with van der Waals surface area (Å²) in [5, 5.41) is 11.8. The second kappa shape index (κ2) is 9.41. The molecular weight excluding hydrogens is 370 g/mol. The van der Waals surface area contributed by atoms with Crippen LogP contribution in [-0.2, 0) is 6.61 Å². The molecule has 0 atom stereocenters. The number of carboxylic acid groups (broad SMARTS) is 1. The van der Waals surface area contributed by atoms with Crippen LogP contribution in [0.25, 0.3) is 0 Å². The van der Waals surface area contributed by atoms with E-state index in [9.17, 15) is 9.59 Å². The van der Waals surface area contributed by atoms with Gasteiger partial charge in [0.2, 0.25) is 0 Å². The lowest BCUT2D eigenvalue weighted by Crippen LogP contribution is -2.12. The molecule has 3 aromatic carbocycles. The van der Waals surface area contributed by atoms with Gasteiger partial charge in [-0.3, -0.25) is 4.79 Å². The smallest absolute Gasteiger partial charge is 0.335 e. The molecule has 0 aromatic heterocycles. The van der Waals surface area contributed by atoms with E-state index in [0.29, 0.717) is 36.0 Å². The highest BCUT2D eigenvalue weighted by atomic mass is 16.5. The van der Waals surface area contributed by atoms with Crippen molar-refractivity contribution in [1.29, 1.82) is 0 Å². The minimum absolute atomic E-state index is 0.232. The zero-order valence-corrected chi connectivity index (χ0v) is 15.9. The van der Waals surface area contributed by atoms with Gasteiger partial charge in [0, 0.05) is 5.56 Å². The van der Waals surface area contributed by atoms with Crippen molar-refractivity contribution in [2.45, 2.75) is 13.5 Å². The van der Waals surface area contributed by atoms with Gasteiger partial charge in [0.1, 0.15) is 18.1 Å². The summed E-state index contributed by atoms with van der Waals surface area (Å²) in [6.07, 6.45) is 0. The molecule has 0 fully saturated rings. The highest BCUT2D eigenvalue weighted by Crippen LogP contribution is 2.24. The van der Waals surface area contributed by atoms with Gasteiger partial charge in [-0.25, -0.2) is 4.79 Å². The highest BCUT2D eigenvalue weighted by Gasteiger charge is 2.10. The summed E-state index contributed by atoms with van der Waals surface area (Å²) in [7, 11) is 0. The van der Waals surface area contributed by atoms with Gasteiger partial charge in [-0.15, -0.1) is 0 Å². The molecule has 1 amide bonds. The minimum atomic E-state index is -0.963. The molecule has 6 nitrogen and oxygen atoms in total. The molecule has 0 saturated heterocycles. The van der Waals surface area contributed by atoms with Crippen molar-refractivity contribution in [2.75, 3.05) is 11.9 Å². The summed E-state index contributed by atoms with van der Waals surface area (Å²) >= 11 is 0. The second-order valence-corrected chi connectivity index (χ2v) is 6.20. The number of rotatable bonds is 8. The third kappa shape index (κ3) is 5.35. The summed E-state index contributed by atoms with van der Waals surface area (Å²) in [6, 6.07) is 20.6. The van der Waals surface area contributed by atoms with Crippen molar-refractivity contribution in [2.24, 2.45) is 0 Å². The molecule has 0 aliphatic heterocycles. The molecule has 3 aromatic rings. The first kappa shape index (κ1) is 19.9. The van der Waals surface area contributed by atoms with Crippen LogP contribution in [0, 0.1) is 0 Å². The maximum atomic E-state index is 12.5. The van der Waals surface area contributed by atoms with Crippen LogP contribution >= 0.6 is 0 Å². The molecule has 29 heavy (non-hydrogen) atoms. The molecule has 148 valence electrons. The predicted octanol–water partition coefficient (Wildman–Crippen LogP) is 4.61. The Morgan fingerprint density at radius 2 is 1.52 bits per heavy atom. The van der Waals surface area contributed by atoms with Gasteiger partial charge in [-0.1, -0.05) is 24.3 Å². The molecule has 0 heterocycles. The van der Waals surface area contributed by atoms with Crippen molar-refractivity contribution in [3.63, 3.8) is 0 Å². The first-order valence-electron chi connectivity index (χ1n) is 9.15. The van der Waals surface area contributed by atoms with E-state index in [-0.39, 0.29) is 11.5 Å². The van der Waals surface area contributed by atoms with E-state index in [2.05, 4.69) is 5.32 Å². The Balaban J connectivity index is 1.59. The van der Waals surface area contributed by atoms with Gasteiger partial charge in [0.15, 0.2) is 0 Å². The number of carbonyl (C=O) groups is 2. The van der Waals surface area contributed by atoms with E-state index >= 15 is 0 Å². The zero-order valence-electron chi connectivity index (χ0n) is 15.9. The zero-order chi connectivity index (χ0) is 20.6. The number of anilines is 1. The maximum absolute atomic E-state index is 12.5. The third-order valence-electron chi connectivity index (χ3n) is 4.16. The van der Waals surface area contributed by atoms with E-state index in [0.717, 1.165) is 5.56 Å². The Hall–Kier alpha value is -3.80. The van der Waals surface area contributed by atoms with Crippen LogP contribution < -0.4 is 14.8 Å². The lowest BCUT2D eigenvalue weighted by Gasteiger charge is -2.11. The number of carboxylic acids is 1. The molecule has 3 rings (SSSR count). The topological polar surface area (TPSA) is 84.9 Å². The summed E-state index contributed by atoms with van der Waals surface area (Å²) < 4.78 is 11.2. The summed E-state index contributed by atoms with van der Waals surface area (Å²) in [5.41, 5.74) is 2.19.